The number of azide groups is 1. The maximum absolute atomic E-state index is 12.3. The smallest absolute Gasteiger partial charge is 0.477 e. The Hall–Kier alpha value is -3.80. The molecule has 0 amide bonds. The molecule has 0 saturated carbocycles. The number of para-hydroxylation sites is 2. The predicted octanol–water partition coefficient (Wildman–Crippen LogP) is 10.6. The van der Waals surface area contributed by atoms with Gasteiger partial charge in [-0.3, -0.25) is 0 Å². The molecular weight excluding hydrogens is 675 g/mol. The van der Waals surface area contributed by atoms with Gasteiger partial charge >= 0.3 is 13.7 Å². The van der Waals surface area contributed by atoms with E-state index in [0.717, 1.165) is 5.00 Å². The number of carbonyl (C=O) groups is 1. The monoisotopic (exact) mass is 710 g/mol. The lowest BCUT2D eigenvalue weighted by atomic mass is 10.2. The third kappa shape index (κ3) is 22.4. The maximum Gasteiger partial charge on any atom is 0.525 e. The first-order chi connectivity index (χ1) is 20.8. The fourth-order valence-electron chi connectivity index (χ4n) is 2.39. The summed E-state index contributed by atoms with van der Waals surface area (Å²) in [4.78, 5) is 17.5. The normalized spacial score (nSPS) is 9.62. The van der Waals surface area contributed by atoms with Crippen LogP contribution in [-0.4, -0.2) is 21.8 Å². The van der Waals surface area contributed by atoms with Crippen molar-refractivity contribution >= 4 is 65.1 Å². The van der Waals surface area contributed by atoms with Gasteiger partial charge in [-0.05, 0) is 97.9 Å². The van der Waals surface area contributed by atoms with Gasteiger partial charge < -0.3 is 25.0 Å². The fourth-order valence-corrected chi connectivity index (χ4v) is 4.93. The summed E-state index contributed by atoms with van der Waals surface area (Å²) in [7, 11) is -3.95. The summed E-state index contributed by atoms with van der Waals surface area (Å²) in [6.07, 6.45) is 0. The van der Waals surface area contributed by atoms with Crippen LogP contribution in [0.15, 0.2) is 118 Å². The van der Waals surface area contributed by atoms with Crippen LogP contribution in [0.4, 0.5) is 5.00 Å². The van der Waals surface area contributed by atoms with E-state index < -0.39 is 19.3 Å². The molecule has 0 aliphatic carbocycles. The number of nitrogen functional groups attached to an aromatic ring is 1. The first-order valence-corrected chi connectivity index (χ1v) is 16.9. The molecule has 0 bridgehead atoms. The van der Waals surface area contributed by atoms with Crippen molar-refractivity contribution in [1.29, 1.82) is 0 Å². The number of carboxylic acids is 1. The quantitative estimate of drug-likeness (QED) is 0.0681. The zero-order chi connectivity index (χ0) is 32.8. The number of thiophene rings is 3. The molecule has 3 aromatic heterocycles. The number of halogens is 1. The number of benzene rings is 2. The van der Waals surface area contributed by atoms with Gasteiger partial charge in [-0.2, -0.15) is 0 Å². The predicted molar refractivity (Wildman–Crippen MR) is 189 cm³/mol. The van der Waals surface area contributed by atoms with Crippen molar-refractivity contribution in [3.05, 3.63) is 133 Å². The third-order valence-corrected chi connectivity index (χ3v) is 7.56. The maximum atomic E-state index is 12.3. The number of aliphatic hydroxyl groups is 1. The van der Waals surface area contributed by atoms with Crippen LogP contribution in [0, 0.1) is 6.92 Å². The first kappa shape index (κ1) is 41.2. The number of aromatic carboxylic acids is 1. The van der Waals surface area contributed by atoms with Crippen LogP contribution >= 0.6 is 54.2 Å². The van der Waals surface area contributed by atoms with Crippen LogP contribution in [0.3, 0.4) is 0 Å². The van der Waals surface area contributed by atoms with Crippen LogP contribution in [0.5, 0.6) is 11.5 Å². The summed E-state index contributed by atoms with van der Waals surface area (Å²) < 4.78 is 22.6. The van der Waals surface area contributed by atoms with Crippen LogP contribution < -0.4 is 14.8 Å². The Bertz CT molecular complexity index is 1450. The molecule has 4 N–H and O–H groups in total. The Morgan fingerprint density at radius 3 is 1.51 bits per heavy atom. The molecule has 2 aromatic carbocycles. The number of carboxylic acid groups (broad SMARTS) is 1. The summed E-state index contributed by atoms with van der Waals surface area (Å²) in [6, 6.07) is 28.0. The minimum absolute atomic E-state index is 0. The van der Waals surface area contributed by atoms with E-state index in [-0.39, 0.29) is 12.4 Å². The number of nitrogens with zero attached hydrogens (tertiary/aromatic N) is 3. The summed E-state index contributed by atoms with van der Waals surface area (Å²) in [5.74, 6) is -0.247. The molecule has 0 radical (unpaired) electrons. The highest BCUT2D eigenvalue weighted by molar-refractivity contribution is 7.53. The van der Waals surface area contributed by atoms with Gasteiger partial charge in [0, 0.05) is 14.7 Å². The minimum atomic E-state index is -3.95. The van der Waals surface area contributed by atoms with E-state index in [2.05, 4.69) is 34.2 Å². The van der Waals surface area contributed by atoms with Gasteiger partial charge in [-0.1, -0.05) is 48.5 Å². The standard InChI is InChI=1S/C12H10N3O3P.C5H4O2S.C5H6S.C4H5NS.C4H10O.ClH/c13-14-15-19(16,17-11-7-3-1-4-8-11)18-12-9-5-2-6-10-12;6-5(7)4-2-1-3-8-4;1-5-3-2-4-6-5;5-4-2-1-3-6-4;1-4(2,3)5;/h1-10H;1-3H,(H,6,7);2-4H,1H3;1-3H,5H2;5H,1-3H3;1H. The molecule has 0 aliphatic rings. The van der Waals surface area contributed by atoms with Gasteiger partial charge in [-0.15, -0.1) is 46.4 Å². The van der Waals surface area contributed by atoms with Gasteiger partial charge in [0.15, 0.2) is 0 Å². The number of aryl methyl sites for hydroxylation is 1. The van der Waals surface area contributed by atoms with E-state index in [1.165, 1.54) is 16.2 Å². The molecule has 5 rings (SSSR count). The zero-order valence-corrected chi connectivity index (χ0v) is 29.2. The Labute approximate surface area is 281 Å². The van der Waals surface area contributed by atoms with Crippen molar-refractivity contribution in [2.24, 2.45) is 4.88 Å². The second-order valence-electron chi connectivity index (χ2n) is 9.15. The molecule has 0 saturated heterocycles. The summed E-state index contributed by atoms with van der Waals surface area (Å²) in [5, 5.41) is 23.5. The number of hydrogen-bond acceptors (Lipinski definition) is 9. The van der Waals surface area contributed by atoms with Gasteiger partial charge in [0.1, 0.15) is 16.4 Å². The van der Waals surface area contributed by atoms with Gasteiger partial charge in [0.05, 0.1) is 10.6 Å². The highest BCUT2D eigenvalue weighted by Crippen LogP contribution is 2.49. The Morgan fingerprint density at radius 2 is 1.27 bits per heavy atom. The van der Waals surface area contributed by atoms with Crippen LogP contribution in [0.25, 0.3) is 10.4 Å². The molecule has 0 fully saturated rings. The average Bonchev–Trinajstić information content (AvgIpc) is 3.75. The summed E-state index contributed by atoms with van der Waals surface area (Å²) in [6.45, 7) is 7.33. The lowest BCUT2D eigenvalue weighted by molar-refractivity contribution is 0.0702. The lowest BCUT2D eigenvalue weighted by Crippen LogP contribution is -2.10. The number of hydrogen-bond donors (Lipinski definition) is 3. The molecule has 5 aromatic rings. The Kier molecular flexibility index (Phi) is 20.8. The number of rotatable bonds is 6. The molecule has 15 heteroatoms. The topological polar surface area (TPSA) is 168 Å². The molecule has 0 atom stereocenters. The molecule has 45 heavy (non-hydrogen) atoms. The SMILES string of the molecule is CC(C)(C)O.Cc1cccs1.Cl.Nc1cccs1.O=C(O)c1cccs1.[N-]=[N+]=NP(=O)(Oc1ccccc1)Oc1ccccc1. The summed E-state index contributed by atoms with van der Waals surface area (Å²) >= 11 is 4.56. The van der Waals surface area contributed by atoms with E-state index in [1.807, 2.05) is 17.5 Å². The minimum Gasteiger partial charge on any atom is -0.477 e. The van der Waals surface area contributed by atoms with E-state index in [0.29, 0.717) is 16.4 Å². The second kappa shape index (κ2) is 22.7. The number of nitrogens with two attached hydrogens (primary N) is 1. The largest absolute Gasteiger partial charge is 0.525 e. The molecule has 0 unspecified atom stereocenters. The molecule has 3 heterocycles. The van der Waals surface area contributed by atoms with Crippen LogP contribution in [0.1, 0.15) is 35.3 Å². The van der Waals surface area contributed by atoms with Crippen molar-refractivity contribution in [1.82, 2.24) is 0 Å². The van der Waals surface area contributed by atoms with E-state index >= 15 is 0 Å². The van der Waals surface area contributed by atoms with Crippen LogP contribution in [-0.2, 0) is 4.57 Å². The molecular formula is C30H36ClN4O6PS3. The number of anilines is 1. The van der Waals surface area contributed by atoms with Crippen molar-refractivity contribution in [3.63, 3.8) is 0 Å². The highest BCUT2D eigenvalue weighted by Gasteiger charge is 2.26. The summed E-state index contributed by atoms with van der Waals surface area (Å²) in [5.41, 5.74) is 13.3. The van der Waals surface area contributed by atoms with Crippen LogP contribution in [0.2, 0.25) is 0 Å². The van der Waals surface area contributed by atoms with Crippen molar-refractivity contribution < 1.29 is 28.6 Å². The second-order valence-corrected chi connectivity index (χ2v) is 13.7. The van der Waals surface area contributed by atoms with Gasteiger partial charge in [-0.25, -0.2) is 9.36 Å². The van der Waals surface area contributed by atoms with E-state index in [4.69, 9.17) is 30.5 Å². The average molecular weight is 711 g/mol. The fraction of sp³-hybridized carbons (Fsp3) is 0.167. The third-order valence-electron chi connectivity index (χ3n) is 4.02. The molecule has 0 aliphatic heterocycles. The molecule has 0 spiro atoms. The molecule has 10 nitrogen and oxygen atoms in total. The Balaban J connectivity index is 0.000000613. The van der Waals surface area contributed by atoms with Crippen molar-refractivity contribution in [3.8, 4) is 11.5 Å². The van der Waals surface area contributed by atoms with E-state index in [1.54, 1.807) is 122 Å². The highest BCUT2D eigenvalue weighted by atomic mass is 35.5. The Morgan fingerprint density at radius 1 is 0.822 bits per heavy atom. The first-order valence-electron chi connectivity index (χ1n) is 12.8. The van der Waals surface area contributed by atoms with Crippen molar-refractivity contribution in [2.45, 2.75) is 33.3 Å². The van der Waals surface area contributed by atoms with E-state index in [9.17, 15) is 9.36 Å². The van der Waals surface area contributed by atoms with Gasteiger partial charge in [0.2, 0.25) is 0 Å². The zero-order valence-electron chi connectivity index (χ0n) is 25.0. The van der Waals surface area contributed by atoms with Gasteiger partial charge in [0.25, 0.3) is 0 Å². The molecule has 242 valence electrons. The van der Waals surface area contributed by atoms with Crippen molar-refractivity contribution in [2.75, 3.05) is 5.73 Å². The lowest BCUT2D eigenvalue weighted by Gasteiger charge is -2.14.